The number of rotatable bonds is 4. The van der Waals surface area contributed by atoms with E-state index < -0.39 is 20.5 Å². The largest absolute Gasteiger partial charge is 0.314 e. The molecule has 0 aromatic heterocycles. The number of non-ortho nitro benzene ring substituents is 1. The van der Waals surface area contributed by atoms with Gasteiger partial charge in [-0.25, -0.2) is 8.42 Å². The van der Waals surface area contributed by atoms with Gasteiger partial charge in [0.1, 0.15) is 10.4 Å². The second kappa shape index (κ2) is 5.69. The molecule has 1 fully saturated rings. The minimum Gasteiger partial charge on any atom is -0.314 e. The van der Waals surface area contributed by atoms with Gasteiger partial charge in [0.05, 0.1) is 11.0 Å². The van der Waals surface area contributed by atoms with Crippen LogP contribution in [0.5, 0.6) is 0 Å². The maximum absolute atomic E-state index is 12.4. The van der Waals surface area contributed by atoms with Crippen LogP contribution in [0.1, 0.15) is 6.42 Å². The summed E-state index contributed by atoms with van der Waals surface area (Å²) < 4.78 is 27.3. The van der Waals surface area contributed by atoms with E-state index >= 15 is 0 Å². The molecule has 2 N–H and O–H groups in total. The highest BCUT2D eigenvalue weighted by Gasteiger charge is 2.39. The topological polar surface area (TPSA) is 125 Å². The third kappa shape index (κ3) is 3.21. The van der Waals surface area contributed by atoms with Crippen molar-refractivity contribution in [2.75, 3.05) is 13.1 Å². The molecule has 0 bridgehead atoms. The summed E-state index contributed by atoms with van der Waals surface area (Å²) in [5, 5.41) is 22.9. The van der Waals surface area contributed by atoms with E-state index in [0.717, 1.165) is 6.07 Å². The zero-order valence-electron chi connectivity index (χ0n) is 10.7. The van der Waals surface area contributed by atoms with Gasteiger partial charge in [0.15, 0.2) is 0 Å². The molecule has 0 unspecified atom stereocenters. The lowest BCUT2D eigenvalue weighted by molar-refractivity contribution is -0.385. The molecule has 8 nitrogen and oxygen atoms in total. The van der Waals surface area contributed by atoms with E-state index in [1.807, 2.05) is 6.07 Å². The lowest BCUT2D eigenvalue weighted by Gasteiger charge is -2.21. The van der Waals surface area contributed by atoms with Gasteiger partial charge in [-0.3, -0.25) is 10.1 Å². The van der Waals surface area contributed by atoms with Crippen LogP contribution in [0, 0.1) is 21.4 Å². The van der Waals surface area contributed by atoms with Crippen molar-refractivity contribution < 1.29 is 13.3 Å². The number of nitriles is 1. The summed E-state index contributed by atoms with van der Waals surface area (Å²) in [6, 6.07) is 5.40. The minimum absolute atomic E-state index is 0.190. The maximum Gasteiger partial charge on any atom is 0.270 e. The van der Waals surface area contributed by atoms with Crippen molar-refractivity contribution in [3.05, 3.63) is 32.8 Å². The van der Waals surface area contributed by atoms with Crippen molar-refractivity contribution in [1.82, 2.24) is 10.0 Å². The first-order valence-electron chi connectivity index (χ1n) is 5.90. The quantitative estimate of drug-likeness (QED) is 0.595. The number of sulfonamides is 1. The van der Waals surface area contributed by atoms with Crippen molar-refractivity contribution in [2.45, 2.75) is 16.9 Å². The average molecular weight is 375 g/mol. The van der Waals surface area contributed by atoms with Crippen LogP contribution < -0.4 is 10.0 Å². The number of hydrogen-bond donors (Lipinski definition) is 2. The molecular weight excluding hydrogens is 364 g/mol. The summed E-state index contributed by atoms with van der Waals surface area (Å²) in [6.45, 7) is 0.710. The summed E-state index contributed by atoms with van der Waals surface area (Å²) in [4.78, 5) is 9.82. The Morgan fingerprint density at radius 1 is 1.52 bits per heavy atom. The molecule has 0 radical (unpaired) electrons. The molecule has 0 spiro atoms. The summed E-state index contributed by atoms with van der Waals surface area (Å²) >= 11 is 3.06. The van der Waals surface area contributed by atoms with E-state index in [-0.39, 0.29) is 21.6 Å². The molecule has 21 heavy (non-hydrogen) atoms. The fourth-order valence-electron chi connectivity index (χ4n) is 2.02. The Kier molecular flexibility index (Phi) is 4.29. The lowest BCUT2D eigenvalue weighted by atomic mass is 10.0. The Bertz CT molecular complexity index is 722. The fraction of sp³-hybridized carbons (Fsp3) is 0.364. The normalized spacial score (nSPS) is 21.9. The van der Waals surface area contributed by atoms with Gasteiger partial charge in [-0.1, -0.05) is 0 Å². The Hall–Kier alpha value is -1.54. The Morgan fingerprint density at radius 3 is 2.76 bits per heavy atom. The number of nitro groups is 1. The van der Waals surface area contributed by atoms with Crippen LogP contribution in [0.4, 0.5) is 5.69 Å². The predicted molar refractivity (Wildman–Crippen MR) is 76.9 cm³/mol. The number of benzene rings is 1. The summed E-state index contributed by atoms with van der Waals surface area (Å²) in [5.41, 5.74) is -1.57. The van der Waals surface area contributed by atoms with E-state index in [4.69, 9.17) is 0 Å². The van der Waals surface area contributed by atoms with Gasteiger partial charge < -0.3 is 5.32 Å². The highest BCUT2D eigenvalue weighted by molar-refractivity contribution is 9.10. The predicted octanol–water partition coefficient (Wildman–Crippen LogP) is 0.891. The summed E-state index contributed by atoms with van der Waals surface area (Å²) in [5.74, 6) is 0. The first-order chi connectivity index (χ1) is 9.80. The second-order valence-corrected chi connectivity index (χ2v) is 7.10. The third-order valence-electron chi connectivity index (χ3n) is 3.11. The van der Waals surface area contributed by atoms with Crippen LogP contribution in [0.2, 0.25) is 0 Å². The Morgan fingerprint density at radius 2 is 2.24 bits per heavy atom. The van der Waals surface area contributed by atoms with Gasteiger partial charge in [0.25, 0.3) is 5.69 Å². The number of halogens is 1. The molecule has 1 aromatic rings. The monoisotopic (exact) mass is 374 g/mol. The van der Waals surface area contributed by atoms with Gasteiger partial charge in [0.2, 0.25) is 10.0 Å². The van der Waals surface area contributed by atoms with E-state index in [1.54, 1.807) is 0 Å². The Labute approximate surface area is 129 Å². The number of hydrogen-bond acceptors (Lipinski definition) is 6. The van der Waals surface area contributed by atoms with Crippen LogP contribution in [0.15, 0.2) is 27.6 Å². The molecule has 112 valence electrons. The van der Waals surface area contributed by atoms with Crippen molar-refractivity contribution in [3.8, 4) is 6.07 Å². The zero-order chi connectivity index (χ0) is 15.7. The average Bonchev–Trinajstić information content (AvgIpc) is 2.87. The smallest absolute Gasteiger partial charge is 0.270 e. The van der Waals surface area contributed by atoms with Crippen LogP contribution in [0.25, 0.3) is 0 Å². The zero-order valence-corrected chi connectivity index (χ0v) is 13.1. The number of nitrogens with zero attached hydrogens (tertiary/aromatic N) is 2. The van der Waals surface area contributed by atoms with Crippen LogP contribution >= 0.6 is 15.9 Å². The highest BCUT2D eigenvalue weighted by Crippen LogP contribution is 2.28. The molecule has 10 heteroatoms. The van der Waals surface area contributed by atoms with Crippen LogP contribution in [-0.2, 0) is 10.0 Å². The second-order valence-electron chi connectivity index (χ2n) is 4.60. The molecule has 1 aliphatic rings. The molecule has 2 rings (SSSR count). The van der Waals surface area contributed by atoms with E-state index in [1.165, 1.54) is 12.1 Å². The highest BCUT2D eigenvalue weighted by atomic mass is 79.9. The third-order valence-corrected chi connectivity index (χ3v) is 5.64. The Balaban J connectivity index is 2.42. The lowest BCUT2D eigenvalue weighted by Crippen LogP contribution is -2.48. The number of nitrogens with one attached hydrogen (secondary N) is 2. The summed E-state index contributed by atoms with van der Waals surface area (Å²) in [6.07, 6.45) is 0.329. The van der Waals surface area contributed by atoms with Gasteiger partial charge in [-0.15, -0.1) is 0 Å². The maximum atomic E-state index is 12.4. The minimum atomic E-state index is -4.06. The SMILES string of the molecule is N#C[C@@]1(NS(=O)(=O)c2cc([N+](=O)[O-])ccc2Br)CCNC1. The standard InChI is InChI=1S/C11H11BrN4O4S/c12-9-2-1-8(16(17)18)5-10(9)21(19,20)15-11(6-13)3-4-14-7-11/h1-2,5,14-15H,3-4,7H2/t11-/m0/s1. The molecule has 1 saturated heterocycles. The van der Waals surface area contributed by atoms with Gasteiger partial charge in [0, 0.05) is 23.2 Å². The molecule has 0 amide bonds. The first-order valence-corrected chi connectivity index (χ1v) is 8.17. The molecular formula is C11H11BrN4O4S. The molecule has 0 aliphatic carbocycles. The van der Waals surface area contributed by atoms with Crippen molar-refractivity contribution in [3.63, 3.8) is 0 Å². The molecule has 1 atom stereocenters. The van der Waals surface area contributed by atoms with Crippen molar-refractivity contribution >= 4 is 31.6 Å². The van der Waals surface area contributed by atoms with Gasteiger partial charge in [-0.05, 0) is 35.0 Å². The van der Waals surface area contributed by atoms with Gasteiger partial charge in [-0.2, -0.15) is 9.98 Å². The molecule has 1 heterocycles. The first kappa shape index (κ1) is 15.8. The molecule has 1 aromatic carbocycles. The number of nitro benzene ring substituents is 1. The summed E-state index contributed by atoms with van der Waals surface area (Å²) in [7, 11) is -4.06. The van der Waals surface area contributed by atoms with E-state index in [0.29, 0.717) is 13.0 Å². The van der Waals surface area contributed by atoms with Gasteiger partial charge >= 0.3 is 0 Å². The van der Waals surface area contributed by atoms with Crippen molar-refractivity contribution in [1.29, 1.82) is 5.26 Å². The fourth-order valence-corrected chi connectivity index (χ4v) is 4.35. The van der Waals surface area contributed by atoms with Crippen LogP contribution in [0.3, 0.4) is 0 Å². The van der Waals surface area contributed by atoms with E-state index in [2.05, 4.69) is 26.0 Å². The van der Waals surface area contributed by atoms with E-state index in [9.17, 15) is 23.8 Å². The van der Waals surface area contributed by atoms with Crippen LogP contribution in [-0.4, -0.2) is 32.0 Å². The molecule has 1 aliphatic heterocycles. The van der Waals surface area contributed by atoms with Crippen molar-refractivity contribution in [2.24, 2.45) is 0 Å². The molecule has 0 saturated carbocycles.